The number of aliphatic carboxylic acids is 2. The van der Waals surface area contributed by atoms with Crippen molar-refractivity contribution in [1.82, 2.24) is 26.6 Å². The number of carboxylic acids is 2. The molecule has 56 heteroatoms. The number of aliphatic hydroxyl groups is 25. The summed E-state index contributed by atoms with van der Waals surface area (Å²) in [5, 5.41) is 314. The van der Waals surface area contributed by atoms with Gasteiger partial charge in [0.25, 0.3) is 11.6 Å². The third-order valence-corrected chi connectivity index (χ3v) is 22.7. The normalized spacial score (nSPS) is 45.7. The van der Waals surface area contributed by atoms with Gasteiger partial charge in [-0.2, -0.15) is 0 Å². The van der Waals surface area contributed by atoms with Gasteiger partial charge >= 0.3 is 11.9 Å². The predicted octanol–water partition coefficient (Wildman–Crippen LogP) is -20.5. The Morgan fingerprint density at radius 3 is 1.12 bits per heavy atom. The van der Waals surface area contributed by atoms with E-state index in [0.717, 1.165) is 34.6 Å². The van der Waals surface area contributed by atoms with E-state index in [9.17, 15) is 171 Å². The molecule has 9 heterocycles. The van der Waals surface area contributed by atoms with Crippen LogP contribution in [0.25, 0.3) is 0 Å². The maximum atomic E-state index is 13.8. The van der Waals surface area contributed by atoms with E-state index in [0.29, 0.717) is 0 Å². The van der Waals surface area contributed by atoms with Crippen molar-refractivity contribution in [2.45, 2.75) is 342 Å². The highest BCUT2D eigenvalue weighted by molar-refractivity contribution is 5.78. The molecule has 9 aliphatic heterocycles. The molecule has 5 amide bonds. The lowest BCUT2D eigenvalue weighted by molar-refractivity contribution is -0.399. The molecule has 1 unspecified atom stereocenters. The third kappa shape index (κ3) is 22.9. The molecule has 0 saturated carbocycles. The minimum absolute atomic E-state index is 0.845. The van der Waals surface area contributed by atoms with Crippen molar-refractivity contribution in [2.24, 2.45) is 0 Å². The summed E-state index contributed by atoms with van der Waals surface area (Å²) in [6.07, 6.45) is -92.3. The van der Waals surface area contributed by atoms with Crippen LogP contribution in [0.1, 0.15) is 54.4 Å². The molecule has 9 saturated heterocycles. The zero-order chi connectivity index (χ0) is 93.6. The monoisotopic (exact) mass is 1840 g/mol. The largest absolute Gasteiger partial charge is 0.477 e. The maximum Gasteiger partial charge on any atom is 0.364 e. The lowest BCUT2D eigenvalue weighted by Gasteiger charge is -2.52. The molecule has 9 aliphatic rings. The Balaban J connectivity index is 1.06. The number of rotatable bonds is 35. The second-order valence-electron chi connectivity index (χ2n) is 31.7. The summed E-state index contributed by atoms with van der Waals surface area (Å²) in [7, 11) is 0. The Bertz CT molecular complexity index is 3560. The van der Waals surface area contributed by atoms with E-state index in [1.807, 2.05) is 0 Å². The summed E-state index contributed by atoms with van der Waals surface area (Å²) in [6, 6.07) is -9.66. The fraction of sp³-hybridized carbons (Fsp3) is 0.900. The fourth-order valence-corrected chi connectivity index (χ4v) is 16.2. The molecule has 32 N–H and O–H groups in total. The maximum absolute atomic E-state index is 13.8. The molecular weight excluding hydrogens is 1730 g/mol. The molecule has 9 rings (SSSR count). The van der Waals surface area contributed by atoms with Crippen LogP contribution < -0.4 is 26.6 Å². The van der Waals surface area contributed by atoms with E-state index < -0.39 is 394 Å². The van der Waals surface area contributed by atoms with Gasteiger partial charge in [0.2, 0.25) is 29.5 Å². The van der Waals surface area contributed by atoms with Gasteiger partial charge in [-0.25, -0.2) is 9.59 Å². The van der Waals surface area contributed by atoms with Gasteiger partial charge in [0.1, 0.15) is 201 Å². The van der Waals surface area contributed by atoms with E-state index in [2.05, 4.69) is 26.6 Å². The first-order valence-corrected chi connectivity index (χ1v) is 39.7. The number of ether oxygens (including phenoxy) is 17. The molecular formula is C70H115N5O51. The first-order valence-electron chi connectivity index (χ1n) is 39.7. The predicted molar refractivity (Wildman–Crippen MR) is 388 cm³/mol. The van der Waals surface area contributed by atoms with Crippen LogP contribution in [0.3, 0.4) is 0 Å². The second kappa shape index (κ2) is 44.4. The Kier molecular flexibility index (Phi) is 36.8. The summed E-state index contributed by atoms with van der Waals surface area (Å²) >= 11 is 0. The van der Waals surface area contributed by atoms with Crippen LogP contribution >= 0.6 is 0 Å². The molecule has 126 heavy (non-hydrogen) atoms. The van der Waals surface area contributed by atoms with Crippen LogP contribution in [-0.4, -0.2) is 519 Å². The topological polar surface area (TPSA) is 883 Å². The zero-order valence-corrected chi connectivity index (χ0v) is 67.9. The van der Waals surface area contributed by atoms with Crippen LogP contribution in [0.2, 0.25) is 0 Å². The highest BCUT2D eigenvalue weighted by atomic mass is 16.8. The number of amides is 5. The quantitative estimate of drug-likeness (QED) is 0.0280. The van der Waals surface area contributed by atoms with E-state index in [1.54, 1.807) is 0 Å². The van der Waals surface area contributed by atoms with Crippen molar-refractivity contribution in [3.63, 3.8) is 0 Å². The molecule has 9 fully saturated rings. The molecule has 0 bridgehead atoms. The van der Waals surface area contributed by atoms with Gasteiger partial charge in [-0.3, -0.25) is 24.0 Å². The summed E-state index contributed by atoms with van der Waals surface area (Å²) in [5.74, 6) is -15.9. The number of hydrogen-bond acceptors (Lipinski definition) is 49. The Labute approximate surface area is 712 Å². The van der Waals surface area contributed by atoms with E-state index >= 15 is 0 Å². The van der Waals surface area contributed by atoms with E-state index in [1.165, 1.54) is 6.92 Å². The van der Waals surface area contributed by atoms with Crippen molar-refractivity contribution in [2.75, 3.05) is 52.9 Å². The van der Waals surface area contributed by atoms with Gasteiger partial charge in [-0.05, 0) is 6.92 Å². The standard InChI is InChI=1S/C70H115N5O51/c1-17-38(92)46(100)47(101)63(111-17)121-56-37(75-22(6)87)62(116-31(15-82)52(56)119-66-50(104)59(43(97)29(13-80)114-66)126-70(68(108)109)8-24(89)34(72-19(3)84)55(124-70)40(94)26(91)10-77)122-57-44(98)32(117-64(48(57)102)120-53-36(74-21(5)86)60(105)112-27(11-78)41(53)95)16-110-61-35(73-20(4)85)45(99)51(30(14-81)115-61)118-65-49(103)58(42(96)28(12-79)113-65)125-69(67(106)107)7-23(88)33(71-18(2)83)54(123-69)39(93)25(90)9-76/h17,23-66,76-82,88-105H,7-16H2,1-6H3,(H,71,83)(H,72,84)(H,73,85)(H,74,86)(H,75,87)(H,106,107)(H,108,109)/t17-,23-,24-,25+,26+,27+,28+,29+,30+,31+,32+,33+,34+,35+,36+,37+,38+,39+,40+,41-,42-,43-,44-,45+,46+,47-,48+,49+,50+,51+,52+,53+,54+,55+,56+,57-,58-,59-,60?,61+,62-,63-,64-,65-,66-,69-,70-/m0/s1. The average Bonchev–Trinajstić information content (AvgIpc) is 0.750. The molecule has 56 nitrogen and oxygen atoms in total. The number of hydrogen-bond donors (Lipinski definition) is 32. The number of carbonyl (C=O) groups is 7. The first kappa shape index (κ1) is 104. The van der Waals surface area contributed by atoms with Crippen molar-refractivity contribution in [3.8, 4) is 0 Å². The number of nitrogens with one attached hydrogen (secondary N) is 5. The van der Waals surface area contributed by atoms with Crippen molar-refractivity contribution in [1.29, 1.82) is 0 Å². The summed E-state index contributed by atoms with van der Waals surface area (Å²) in [6.45, 7) is -4.19. The van der Waals surface area contributed by atoms with Gasteiger partial charge < -0.3 is 245 Å². The van der Waals surface area contributed by atoms with Crippen LogP contribution in [0.5, 0.6) is 0 Å². The second-order valence-corrected chi connectivity index (χ2v) is 31.7. The van der Waals surface area contributed by atoms with Gasteiger partial charge in [0.05, 0.1) is 83.3 Å². The van der Waals surface area contributed by atoms with Crippen molar-refractivity contribution < 1.29 is 252 Å². The lowest BCUT2D eigenvalue weighted by Crippen LogP contribution is -2.72. The average molecular weight is 1840 g/mol. The van der Waals surface area contributed by atoms with Gasteiger partial charge in [-0.1, -0.05) is 0 Å². The van der Waals surface area contributed by atoms with E-state index in [4.69, 9.17) is 80.5 Å². The zero-order valence-electron chi connectivity index (χ0n) is 67.9. The van der Waals surface area contributed by atoms with Crippen LogP contribution in [0.15, 0.2) is 0 Å². The molecule has 0 radical (unpaired) electrons. The molecule has 0 spiro atoms. The highest BCUT2D eigenvalue weighted by Crippen LogP contribution is 2.44. The first-order chi connectivity index (χ1) is 59.2. The molecule has 0 aliphatic carbocycles. The SMILES string of the molecule is CC(=O)N[C@H]1[C@H](OC[C@H]2O[C@@H](O[C@H]3[C@@H](O)[C@@H](CO)OC(O)[C@@H]3NC(C)=O)[C@H](O)[C@@H](O[C@@H]3O[C@H](CO)[C@@H](O[C@@H]4O[C@H](CO)[C@H](O)[C@H](O[C@]5(C(=O)O)C[C@H](O)[C@@H](NC(C)=O)[C@H]([C@H](O)[C@H](O)CO)O5)[C@H]4O)[C@H](O[C@@H]4O[C@@H](C)[C@@H](O)[C@@H](O)[C@@H]4O)[C@H]3NC(C)=O)[C@H]2O)O[C@H](CO)[C@@H](O[C@@H]2O[C@H](CO)[C@H](O)[C@H](O[C@]3(C(=O)O)C[C@H](O)[C@@H](NC(C)=O)[C@H]([C@H](O)[C@H](O)CO)O3)[C@H]2O)[C@@H]1O. The van der Waals surface area contributed by atoms with Gasteiger partial charge in [0, 0.05) is 47.5 Å². The number of aliphatic hydroxyl groups excluding tert-OH is 25. The minimum Gasteiger partial charge on any atom is -0.477 e. The van der Waals surface area contributed by atoms with Gasteiger partial charge in [-0.15, -0.1) is 0 Å². The number of carboxylic acid groups (broad SMARTS) is 2. The third-order valence-electron chi connectivity index (χ3n) is 22.7. The minimum atomic E-state index is -3.38. The molecule has 0 aromatic rings. The molecule has 0 aromatic heterocycles. The Morgan fingerprint density at radius 1 is 0.341 bits per heavy atom. The summed E-state index contributed by atoms with van der Waals surface area (Å²) in [5.41, 5.74) is 0. The smallest absolute Gasteiger partial charge is 0.364 e. The Hall–Kier alpha value is -5.39. The summed E-state index contributed by atoms with van der Waals surface area (Å²) < 4.78 is 101. The molecule has 0 aromatic carbocycles. The fourth-order valence-electron chi connectivity index (χ4n) is 16.2. The van der Waals surface area contributed by atoms with E-state index in [-0.39, 0.29) is 0 Å². The van der Waals surface area contributed by atoms with Crippen molar-refractivity contribution in [3.05, 3.63) is 0 Å². The lowest BCUT2D eigenvalue weighted by atomic mass is 9.88. The summed E-state index contributed by atoms with van der Waals surface area (Å²) in [4.78, 5) is 91.0. The van der Waals surface area contributed by atoms with Crippen molar-refractivity contribution >= 4 is 41.5 Å². The Morgan fingerprint density at radius 2 is 0.683 bits per heavy atom. The molecule has 47 atom stereocenters. The van der Waals surface area contributed by atoms with Crippen LogP contribution in [0.4, 0.5) is 0 Å². The molecule has 726 valence electrons. The van der Waals surface area contributed by atoms with Gasteiger partial charge in [0.15, 0.2) is 44.0 Å². The highest BCUT2D eigenvalue weighted by Gasteiger charge is 2.65. The van der Waals surface area contributed by atoms with Crippen LogP contribution in [-0.2, 0) is 114 Å². The number of carbonyl (C=O) groups excluding carboxylic acids is 5. The van der Waals surface area contributed by atoms with Crippen LogP contribution in [0, 0.1) is 0 Å².